The molecular weight excluding hydrogens is 656 g/mol. The molecule has 0 bridgehead atoms. The molecule has 1 fully saturated rings. The van der Waals surface area contributed by atoms with Crippen LogP contribution in [0.2, 0.25) is 0 Å². The summed E-state index contributed by atoms with van der Waals surface area (Å²) in [6, 6.07) is 0. The summed E-state index contributed by atoms with van der Waals surface area (Å²) in [4.78, 5) is 42.6. The summed E-state index contributed by atoms with van der Waals surface area (Å²) in [5, 5.41) is 34.6. The molecule has 1 saturated carbocycles. The number of carboxylic acid groups (broad SMARTS) is 4. The first-order chi connectivity index (χ1) is 7.29. The summed E-state index contributed by atoms with van der Waals surface area (Å²) in [5.41, 5.74) is 0. The van der Waals surface area contributed by atoms with E-state index in [1.54, 1.807) is 0 Å². The summed E-state index contributed by atoms with van der Waals surface area (Å²) >= 11 is 0. The average molecular weight is 664 g/mol. The average Bonchev–Trinajstić information content (AvgIpc) is 1.97. The summed E-state index contributed by atoms with van der Waals surface area (Å²) in [6.07, 6.45) is 0. The molecule has 4 radical (unpaired) electrons. The van der Waals surface area contributed by atoms with Crippen LogP contribution in [0.3, 0.4) is 0 Å². The first-order valence-corrected chi connectivity index (χ1v) is 4.20. The van der Waals surface area contributed by atoms with Crippen LogP contribution < -0.4 is 0 Å². The van der Waals surface area contributed by atoms with Gasteiger partial charge in [-0.1, -0.05) is 0 Å². The van der Waals surface area contributed by atoms with E-state index in [-0.39, 0.29) is 89.5 Å². The summed E-state index contributed by atoms with van der Waals surface area (Å²) in [5.74, 6) is -13.2. The zero-order chi connectivity index (χ0) is 12.6. The van der Waals surface area contributed by atoms with Crippen molar-refractivity contribution in [3.05, 3.63) is 0 Å². The van der Waals surface area contributed by atoms with E-state index in [9.17, 15) is 19.2 Å². The van der Waals surface area contributed by atoms with Crippen molar-refractivity contribution in [2.45, 2.75) is 0 Å². The molecule has 4 N–H and O–H groups in total. The van der Waals surface area contributed by atoms with Crippen LogP contribution >= 0.6 is 0 Å². The Morgan fingerprint density at radius 2 is 0.550 bits per heavy atom. The molecule has 1 aliphatic carbocycles. The minimum Gasteiger partial charge on any atom is -0.481 e. The van der Waals surface area contributed by atoms with Crippen molar-refractivity contribution in [2.75, 3.05) is 0 Å². The Bertz CT molecular complexity index is 307. The maximum Gasteiger partial charge on any atom is 0.308 e. The van der Waals surface area contributed by atoms with Crippen molar-refractivity contribution in [1.82, 2.24) is 0 Å². The zero-order valence-corrected chi connectivity index (χ0v) is 14.9. The first-order valence-electron chi connectivity index (χ1n) is 4.20. The second kappa shape index (κ2) is 11.4. The molecule has 20 heavy (non-hydrogen) atoms. The number of hydrogen-bond donors (Lipinski definition) is 4. The van der Waals surface area contributed by atoms with E-state index < -0.39 is 47.5 Å². The van der Waals surface area contributed by atoms with Gasteiger partial charge in [0.25, 0.3) is 0 Å². The van der Waals surface area contributed by atoms with Crippen molar-refractivity contribution >= 4 is 23.9 Å². The first kappa shape index (κ1) is 28.9. The van der Waals surface area contributed by atoms with E-state index >= 15 is 0 Å². The van der Waals surface area contributed by atoms with Crippen molar-refractivity contribution in [3.8, 4) is 0 Å². The van der Waals surface area contributed by atoms with E-state index in [0.29, 0.717) is 0 Å². The molecule has 0 aliphatic heterocycles. The van der Waals surface area contributed by atoms with Gasteiger partial charge in [0.05, 0.1) is 23.7 Å². The molecule has 0 aromatic rings. The number of carboxylic acids is 4. The van der Waals surface area contributed by atoms with Crippen LogP contribution in [0, 0.1) is 23.7 Å². The van der Waals surface area contributed by atoms with Crippen molar-refractivity contribution in [3.63, 3.8) is 0 Å². The SMILES string of the molecule is O=C(O)C1C(C(=O)O)C(C(=O)O)C1C(=O)O.[Ag].[Ag].[Ag].[Ag]. The van der Waals surface area contributed by atoms with Crippen molar-refractivity contribution in [2.24, 2.45) is 23.7 Å². The molecule has 8 nitrogen and oxygen atoms in total. The van der Waals surface area contributed by atoms with Gasteiger partial charge in [0, 0.05) is 89.5 Å². The minimum atomic E-state index is -1.70. The van der Waals surface area contributed by atoms with Gasteiger partial charge in [0.15, 0.2) is 0 Å². The van der Waals surface area contributed by atoms with Gasteiger partial charge in [-0.3, -0.25) is 19.2 Å². The molecular formula is C8H8Ag4O8. The van der Waals surface area contributed by atoms with Gasteiger partial charge in [-0.25, -0.2) is 0 Å². The van der Waals surface area contributed by atoms with Crippen molar-refractivity contribution in [1.29, 1.82) is 0 Å². The topological polar surface area (TPSA) is 149 Å². The summed E-state index contributed by atoms with van der Waals surface area (Å²) in [7, 11) is 0. The maximum absolute atomic E-state index is 10.7. The Labute approximate surface area is 175 Å². The van der Waals surface area contributed by atoms with Gasteiger partial charge < -0.3 is 20.4 Å². The quantitative estimate of drug-likeness (QED) is 0.274. The predicted molar refractivity (Wildman–Crippen MR) is 44.5 cm³/mol. The predicted octanol–water partition coefficient (Wildman–Crippen LogP) is -1.21. The fraction of sp³-hybridized carbons (Fsp3) is 0.500. The van der Waals surface area contributed by atoms with E-state index in [2.05, 4.69) is 0 Å². The Morgan fingerprint density at radius 1 is 0.450 bits per heavy atom. The molecule has 0 spiro atoms. The van der Waals surface area contributed by atoms with Crippen LogP contribution in [0.15, 0.2) is 0 Å². The third-order valence-electron chi connectivity index (χ3n) is 2.69. The largest absolute Gasteiger partial charge is 0.481 e. The van der Waals surface area contributed by atoms with E-state index in [1.165, 1.54) is 0 Å². The van der Waals surface area contributed by atoms with Gasteiger partial charge >= 0.3 is 23.9 Å². The summed E-state index contributed by atoms with van der Waals surface area (Å²) < 4.78 is 0. The van der Waals surface area contributed by atoms with Crippen molar-refractivity contribution < 1.29 is 129 Å². The maximum atomic E-state index is 10.7. The van der Waals surface area contributed by atoms with Gasteiger partial charge in [-0.2, -0.15) is 0 Å². The van der Waals surface area contributed by atoms with E-state index in [1.807, 2.05) is 0 Å². The van der Waals surface area contributed by atoms with Crippen LogP contribution in [0.5, 0.6) is 0 Å². The molecule has 12 heteroatoms. The third kappa shape index (κ3) is 5.56. The number of rotatable bonds is 4. The molecule has 132 valence electrons. The Balaban J connectivity index is -0.000000320. The van der Waals surface area contributed by atoms with Crippen LogP contribution in [-0.4, -0.2) is 44.3 Å². The normalized spacial score (nSPS) is 26.0. The van der Waals surface area contributed by atoms with Crippen LogP contribution in [0.25, 0.3) is 0 Å². The molecule has 0 aromatic heterocycles. The standard InChI is InChI=1S/C8H8O8.4Ag/c9-5(10)1-2(6(11)12)4(8(15)16)3(1)7(13)14;;;;/h1-4H,(H,9,10)(H,11,12)(H,13,14)(H,15,16);;;;. The summed E-state index contributed by atoms with van der Waals surface area (Å²) in [6.45, 7) is 0. The van der Waals surface area contributed by atoms with Crippen LogP contribution in [-0.2, 0) is 109 Å². The van der Waals surface area contributed by atoms with Crippen LogP contribution in [0.1, 0.15) is 0 Å². The Kier molecular flexibility index (Phi) is 16.5. The number of aliphatic carboxylic acids is 4. The smallest absolute Gasteiger partial charge is 0.308 e. The van der Waals surface area contributed by atoms with Gasteiger partial charge in [0.1, 0.15) is 0 Å². The molecule has 0 atom stereocenters. The third-order valence-corrected chi connectivity index (χ3v) is 2.69. The fourth-order valence-corrected chi connectivity index (χ4v) is 1.98. The minimum absolute atomic E-state index is 0. The number of carbonyl (C=O) groups is 4. The Morgan fingerprint density at radius 3 is 0.600 bits per heavy atom. The second-order valence-corrected chi connectivity index (χ2v) is 3.46. The van der Waals surface area contributed by atoms with Gasteiger partial charge in [-0.05, 0) is 0 Å². The van der Waals surface area contributed by atoms with E-state index in [0.717, 1.165) is 0 Å². The molecule has 0 unspecified atom stereocenters. The second-order valence-electron chi connectivity index (χ2n) is 3.46. The molecule has 0 aromatic carbocycles. The molecule has 0 heterocycles. The monoisotopic (exact) mass is 660 g/mol. The molecule has 0 amide bonds. The molecule has 1 aliphatic rings. The van der Waals surface area contributed by atoms with Gasteiger partial charge in [0.2, 0.25) is 0 Å². The molecule has 0 saturated heterocycles. The van der Waals surface area contributed by atoms with Gasteiger partial charge in [-0.15, -0.1) is 0 Å². The number of hydrogen-bond acceptors (Lipinski definition) is 4. The zero-order valence-electron chi connectivity index (χ0n) is 8.94. The van der Waals surface area contributed by atoms with Crippen LogP contribution in [0.4, 0.5) is 0 Å². The Hall–Kier alpha value is 0.841. The van der Waals surface area contributed by atoms with E-state index in [4.69, 9.17) is 20.4 Å². The molecule has 1 rings (SSSR count). The fourth-order valence-electron chi connectivity index (χ4n) is 1.98.